The van der Waals surface area contributed by atoms with Gasteiger partial charge in [-0.25, -0.2) is 0 Å². The van der Waals surface area contributed by atoms with Crippen molar-refractivity contribution in [3.05, 3.63) is 30.3 Å². The Labute approximate surface area is 140 Å². The molecule has 1 atom stereocenters. The molecule has 7 nitrogen and oxygen atoms in total. The van der Waals surface area contributed by atoms with Crippen LogP contribution in [0.3, 0.4) is 0 Å². The van der Waals surface area contributed by atoms with E-state index in [1.165, 1.54) is 25.7 Å². The molecule has 1 aromatic heterocycles. The fourth-order valence-corrected chi connectivity index (χ4v) is 4.50. The number of aromatic nitrogens is 2. The standard InChI is InChI=1S/C17H21N5O2/c1-21-17(11-12-7-9-14(17)10-8-12)24-20-22(21)16-19-18-15(23-16)13-5-3-2-4-6-13/h2-6,12,14,20H,7-11H2,1H3/t12?,14?,17-/m0/s1. The number of hydrogen-bond donors (Lipinski definition) is 1. The van der Waals surface area contributed by atoms with Gasteiger partial charge in [0.15, 0.2) is 5.72 Å². The lowest BCUT2D eigenvalue weighted by Crippen LogP contribution is -2.58. The fourth-order valence-electron chi connectivity index (χ4n) is 4.50. The Kier molecular flexibility index (Phi) is 3.16. The molecule has 1 aromatic carbocycles. The van der Waals surface area contributed by atoms with Crippen molar-refractivity contribution in [1.29, 1.82) is 0 Å². The van der Waals surface area contributed by atoms with Crippen LogP contribution < -0.4 is 10.7 Å². The first-order chi connectivity index (χ1) is 11.8. The highest BCUT2D eigenvalue weighted by Crippen LogP contribution is 2.52. The molecule has 3 saturated carbocycles. The highest BCUT2D eigenvalue weighted by molar-refractivity contribution is 5.52. The molecule has 2 heterocycles. The summed E-state index contributed by atoms with van der Waals surface area (Å²) in [5.41, 5.74) is 3.61. The van der Waals surface area contributed by atoms with Crippen molar-refractivity contribution < 1.29 is 9.25 Å². The van der Waals surface area contributed by atoms with Gasteiger partial charge in [-0.1, -0.05) is 28.9 Å². The van der Waals surface area contributed by atoms with E-state index >= 15 is 0 Å². The Hall–Kier alpha value is -1.96. The third-order valence-electron chi connectivity index (χ3n) is 5.84. The summed E-state index contributed by atoms with van der Waals surface area (Å²) < 4.78 is 5.86. The highest BCUT2D eigenvalue weighted by Gasteiger charge is 2.57. The summed E-state index contributed by atoms with van der Waals surface area (Å²) in [4.78, 5) is 6.08. The number of anilines is 1. The molecule has 2 bridgehead atoms. The van der Waals surface area contributed by atoms with Crippen LogP contribution in [0.25, 0.3) is 11.5 Å². The van der Waals surface area contributed by atoms with Crippen molar-refractivity contribution in [1.82, 2.24) is 20.8 Å². The molecule has 0 unspecified atom stereocenters. The number of nitrogens with zero attached hydrogens (tertiary/aromatic N) is 4. The average Bonchev–Trinajstić information content (AvgIpc) is 3.24. The number of rotatable bonds is 2. The van der Waals surface area contributed by atoms with Gasteiger partial charge in [-0.05, 0) is 50.2 Å². The van der Waals surface area contributed by atoms with Gasteiger partial charge in [-0.3, -0.25) is 4.84 Å². The number of fused-ring (bicyclic) bond motifs is 2. The van der Waals surface area contributed by atoms with Crippen LogP contribution in [0.5, 0.6) is 0 Å². The van der Waals surface area contributed by atoms with E-state index < -0.39 is 0 Å². The molecule has 2 aromatic rings. The molecular weight excluding hydrogens is 306 g/mol. The summed E-state index contributed by atoms with van der Waals surface area (Å²) in [7, 11) is 2.03. The van der Waals surface area contributed by atoms with E-state index in [2.05, 4.69) is 20.8 Å². The third-order valence-corrected chi connectivity index (χ3v) is 5.84. The van der Waals surface area contributed by atoms with E-state index in [9.17, 15) is 0 Å². The number of hydrazine groups is 2. The van der Waals surface area contributed by atoms with Gasteiger partial charge in [0.2, 0.25) is 5.89 Å². The van der Waals surface area contributed by atoms with Crippen LogP contribution in [0, 0.1) is 11.8 Å². The van der Waals surface area contributed by atoms with E-state index in [1.807, 2.05) is 37.4 Å². The Bertz CT molecular complexity index is 728. The zero-order valence-corrected chi connectivity index (χ0v) is 13.7. The molecule has 1 saturated heterocycles. The van der Waals surface area contributed by atoms with E-state index in [4.69, 9.17) is 9.25 Å². The predicted molar refractivity (Wildman–Crippen MR) is 87.0 cm³/mol. The molecule has 4 aliphatic rings. The normalized spacial score (nSPS) is 32.8. The van der Waals surface area contributed by atoms with Crippen molar-refractivity contribution >= 4 is 6.01 Å². The first kappa shape index (κ1) is 14.4. The molecule has 6 rings (SSSR count). The van der Waals surface area contributed by atoms with E-state index in [0.29, 0.717) is 17.8 Å². The summed E-state index contributed by atoms with van der Waals surface area (Å²) in [5.74, 6) is 1.80. The number of nitrogens with one attached hydrogen (secondary N) is 1. The minimum Gasteiger partial charge on any atom is -0.401 e. The van der Waals surface area contributed by atoms with E-state index in [0.717, 1.165) is 17.9 Å². The van der Waals surface area contributed by atoms with Gasteiger partial charge >= 0.3 is 6.01 Å². The monoisotopic (exact) mass is 327 g/mol. The van der Waals surface area contributed by atoms with Gasteiger partial charge in [0.05, 0.1) is 0 Å². The first-order valence-electron chi connectivity index (χ1n) is 8.63. The number of hydrogen-bond acceptors (Lipinski definition) is 7. The van der Waals surface area contributed by atoms with Gasteiger partial charge in [0, 0.05) is 18.5 Å². The summed E-state index contributed by atoms with van der Waals surface area (Å²) in [6.07, 6.45) is 6.15. The Morgan fingerprint density at radius 2 is 1.92 bits per heavy atom. The lowest BCUT2D eigenvalue weighted by atomic mass is 9.65. The molecule has 3 aliphatic carbocycles. The molecule has 1 spiro atoms. The van der Waals surface area contributed by atoms with Crippen LogP contribution in [-0.2, 0) is 4.84 Å². The molecule has 24 heavy (non-hydrogen) atoms. The quantitative estimate of drug-likeness (QED) is 0.909. The second kappa shape index (κ2) is 5.27. The lowest BCUT2D eigenvalue weighted by Gasteiger charge is -2.50. The van der Waals surface area contributed by atoms with Gasteiger partial charge < -0.3 is 4.42 Å². The molecule has 0 amide bonds. The maximum absolute atomic E-state index is 6.08. The second-order valence-corrected chi connectivity index (χ2v) is 7.05. The zero-order chi connectivity index (χ0) is 16.1. The summed E-state index contributed by atoms with van der Waals surface area (Å²) in [5, 5.41) is 12.2. The molecule has 1 aliphatic heterocycles. The van der Waals surface area contributed by atoms with Crippen LogP contribution in [-0.4, -0.2) is 28.0 Å². The van der Waals surface area contributed by atoms with Gasteiger partial charge in [0.1, 0.15) is 0 Å². The highest BCUT2D eigenvalue weighted by atomic mass is 16.8. The third kappa shape index (κ3) is 2.02. The number of benzene rings is 1. The first-order valence-corrected chi connectivity index (χ1v) is 8.63. The minimum atomic E-state index is -0.289. The minimum absolute atomic E-state index is 0.289. The summed E-state index contributed by atoms with van der Waals surface area (Å²) >= 11 is 0. The van der Waals surface area contributed by atoms with Crippen molar-refractivity contribution in [3.8, 4) is 11.5 Å². The smallest absolute Gasteiger partial charge is 0.351 e. The van der Waals surface area contributed by atoms with Crippen LogP contribution in [0.2, 0.25) is 0 Å². The topological polar surface area (TPSA) is 66.7 Å². The fraction of sp³-hybridized carbons (Fsp3) is 0.529. The van der Waals surface area contributed by atoms with Crippen LogP contribution >= 0.6 is 0 Å². The van der Waals surface area contributed by atoms with Gasteiger partial charge in [0.25, 0.3) is 0 Å². The summed E-state index contributed by atoms with van der Waals surface area (Å²) in [6.45, 7) is 0. The second-order valence-electron chi connectivity index (χ2n) is 7.05. The van der Waals surface area contributed by atoms with E-state index in [1.54, 1.807) is 5.12 Å². The van der Waals surface area contributed by atoms with Crippen LogP contribution in [0.1, 0.15) is 32.1 Å². The Morgan fingerprint density at radius 1 is 1.12 bits per heavy atom. The largest absolute Gasteiger partial charge is 0.401 e. The average molecular weight is 327 g/mol. The predicted octanol–water partition coefficient (Wildman–Crippen LogP) is 2.75. The molecular formula is C17H21N5O2. The summed E-state index contributed by atoms with van der Waals surface area (Å²) in [6, 6.07) is 10.2. The van der Waals surface area contributed by atoms with Crippen molar-refractivity contribution in [2.45, 2.75) is 37.8 Å². The Morgan fingerprint density at radius 3 is 2.62 bits per heavy atom. The van der Waals surface area contributed by atoms with E-state index in [-0.39, 0.29) is 5.72 Å². The lowest BCUT2D eigenvalue weighted by molar-refractivity contribution is -0.193. The molecule has 7 heteroatoms. The van der Waals surface area contributed by atoms with Crippen molar-refractivity contribution in [2.24, 2.45) is 11.8 Å². The molecule has 4 fully saturated rings. The SMILES string of the molecule is CN1N(c2nnc(-c3ccccc3)o2)NO[C@]12CC1CCC2CC1. The molecule has 126 valence electrons. The maximum atomic E-state index is 6.08. The van der Waals surface area contributed by atoms with Crippen LogP contribution in [0.4, 0.5) is 6.01 Å². The Balaban J connectivity index is 1.42. The molecule has 1 N–H and O–H groups in total. The van der Waals surface area contributed by atoms with Gasteiger partial charge in [-0.15, -0.1) is 5.10 Å². The van der Waals surface area contributed by atoms with Crippen molar-refractivity contribution in [2.75, 3.05) is 12.2 Å². The van der Waals surface area contributed by atoms with Crippen molar-refractivity contribution in [3.63, 3.8) is 0 Å². The maximum Gasteiger partial charge on any atom is 0.351 e. The zero-order valence-electron chi connectivity index (χ0n) is 13.7. The molecule has 0 radical (unpaired) electrons. The van der Waals surface area contributed by atoms with Crippen LogP contribution in [0.15, 0.2) is 34.7 Å². The van der Waals surface area contributed by atoms with Gasteiger partial charge in [-0.2, -0.15) is 10.1 Å².